The summed E-state index contributed by atoms with van der Waals surface area (Å²) in [7, 11) is 0. The monoisotopic (exact) mass is 254 g/mol. The van der Waals surface area contributed by atoms with Crippen LogP contribution in [0.25, 0.3) is 0 Å². The number of rotatable bonds is 3. The molecule has 17 heavy (non-hydrogen) atoms. The molecule has 0 aliphatic rings. The predicted octanol–water partition coefficient (Wildman–Crippen LogP) is 1.60. The van der Waals surface area contributed by atoms with Gasteiger partial charge in [-0.3, -0.25) is 9.59 Å². The lowest BCUT2D eigenvalue weighted by atomic mass is 10.1. The number of nitrogens with one attached hydrogen (secondary N) is 2. The summed E-state index contributed by atoms with van der Waals surface area (Å²) in [6, 6.07) is 5.53. The Morgan fingerprint density at radius 1 is 1.24 bits per heavy atom. The molecule has 92 valence electrons. The van der Waals surface area contributed by atoms with Crippen molar-refractivity contribution in [1.82, 2.24) is 5.32 Å². The number of halogens is 1. The number of hydrogen-bond donors (Lipinski definition) is 2. The molecule has 5 heteroatoms. The van der Waals surface area contributed by atoms with Crippen molar-refractivity contribution in [3.63, 3.8) is 0 Å². The highest BCUT2D eigenvalue weighted by Crippen LogP contribution is 2.17. The zero-order valence-corrected chi connectivity index (χ0v) is 10.6. The van der Waals surface area contributed by atoms with Gasteiger partial charge in [0.15, 0.2) is 0 Å². The van der Waals surface area contributed by atoms with Crippen molar-refractivity contribution in [3.8, 4) is 0 Å². The van der Waals surface area contributed by atoms with Crippen LogP contribution in [0.3, 0.4) is 0 Å². The van der Waals surface area contributed by atoms with Gasteiger partial charge in [0, 0.05) is 18.1 Å². The van der Waals surface area contributed by atoms with Crippen molar-refractivity contribution in [2.24, 2.45) is 0 Å². The molecule has 0 aliphatic carbocycles. The maximum Gasteiger partial charge on any atom is 0.313 e. The molecular formula is C12H15ClN2O2. The number of carbonyl (C=O) groups is 2. The highest BCUT2D eigenvalue weighted by atomic mass is 35.5. The van der Waals surface area contributed by atoms with E-state index in [0.29, 0.717) is 5.69 Å². The van der Waals surface area contributed by atoms with Gasteiger partial charge < -0.3 is 10.6 Å². The summed E-state index contributed by atoms with van der Waals surface area (Å²) in [5.74, 6) is -1.07. The van der Waals surface area contributed by atoms with Crippen LogP contribution in [0.2, 0.25) is 0 Å². The number of aryl methyl sites for hydroxylation is 1. The molecule has 2 N–H and O–H groups in total. The SMILES string of the molecule is Cc1cccc(NC(=O)C(=O)NCCCl)c1C. The standard InChI is InChI=1S/C12H15ClN2O2/c1-8-4-3-5-10(9(8)2)15-12(17)11(16)14-7-6-13/h3-5H,6-7H2,1-2H3,(H,14,16)(H,15,17). The van der Waals surface area contributed by atoms with Crippen molar-refractivity contribution in [3.05, 3.63) is 29.3 Å². The van der Waals surface area contributed by atoms with Gasteiger partial charge in [-0.2, -0.15) is 0 Å². The molecule has 0 radical (unpaired) electrons. The van der Waals surface area contributed by atoms with Gasteiger partial charge in [-0.05, 0) is 31.0 Å². The number of anilines is 1. The average molecular weight is 255 g/mol. The van der Waals surface area contributed by atoms with Gasteiger partial charge in [0.2, 0.25) is 0 Å². The van der Waals surface area contributed by atoms with E-state index in [1.54, 1.807) is 6.07 Å². The second kappa shape index (κ2) is 6.25. The van der Waals surface area contributed by atoms with Gasteiger partial charge >= 0.3 is 11.8 Å². The van der Waals surface area contributed by atoms with Gasteiger partial charge in [0.05, 0.1) is 0 Å². The van der Waals surface area contributed by atoms with Crippen molar-refractivity contribution >= 4 is 29.1 Å². The molecule has 0 unspecified atom stereocenters. The van der Waals surface area contributed by atoms with E-state index in [0.717, 1.165) is 11.1 Å². The molecule has 0 bridgehead atoms. The molecular weight excluding hydrogens is 240 g/mol. The molecule has 0 saturated heterocycles. The minimum Gasteiger partial charge on any atom is -0.347 e. The Morgan fingerprint density at radius 3 is 2.59 bits per heavy atom. The number of hydrogen-bond acceptors (Lipinski definition) is 2. The van der Waals surface area contributed by atoms with E-state index in [1.807, 2.05) is 26.0 Å². The van der Waals surface area contributed by atoms with Gasteiger partial charge in [0.25, 0.3) is 0 Å². The summed E-state index contributed by atoms with van der Waals surface area (Å²) in [6.07, 6.45) is 0. The lowest BCUT2D eigenvalue weighted by Crippen LogP contribution is -2.36. The summed E-state index contributed by atoms with van der Waals surface area (Å²) in [5.41, 5.74) is 2.66. The lowest BCUT2D eigenvalue weighted by molar-refractivity contribution is -0.136. The lowest BCUT2D eigenvalue weighted by Gasteiger charge is -2.09. The number of benzene rings is 1. The van der Waals surface area contributed by atoms with Crippen LogP contribution >= 0.6 is 11.6 Å². The minimum atomic E-state index is -0.677. The highest BCUT2D eigenvalue weighted by Gasteiger charge is 2.13. The summed E-state index contributed by atoms with van der Waals surface area (Å²) in [5, 5.41) is 4.97. The summed E-state index contributed by atoms with van der Waals surface area (Å²) < 4.78 is 0. The third-order valence-corrected chi connectivity index (χ3v) is 2.63. The summed E-state index contributed by atoms with van der Waals surface area (Å²) in [6.45, 7) is 4.11. The zero-order valence-electron chi connectivity index (χ0n) is 9.84. The average Bonchev–Trinajstić information content (AvgIpc) is 2.31. The van der Waals surface area contributed by atoms with Gasteiger partial charge in [-0.15, -0.1) is 11.6 Å². The molecule has 1 aromatic carbocycles. The first kappa shape index (κ1) is 13.5. The Hall–Kier alpha value is -1.55. The van der Waals surface area contributed by atoms with Crippen LogP contribution in [0.4, 0.5) is 5.69 Å². The van der Waals surface area contributed by atoms with Crippen LogP contribution < -0.4 is 10.6 Å². The first-order valence-corrected chi connectivity index (χ1v) is 5.81. The Labute approximate surface area is 105 Å². The quantitative estimate of drug-likeness (QED) is 0.636. The molecule has 0 saturated carbocycles. The minimum absolute atomic E-state index is 0.278. The Kier molecular flexibility index (Phi) is 4.97. The molecule has 0 aliphatic heterocycles. The Morgan fingerprint density at radius 2 is 1.94 bits per heavy atom. The predicted molar refractivity (Wildman–Crippen MR) is 68.3 cm³/mol. The zero-order chi connectivity index (χ0) is 12.8. The smallest absolute Gasteiger partial charge is 0.313 e. The maximum atomic E-state index is 11.5. The third-order valence-electron chi connectivity index (χ3n) is 2.44. The molecule has 0 atom stereocenters. The number of alkyl halides is 1. The normalized spacial score (nSPS) is 9.82. The molecule has 2 amide bonds. The van der Waals surface area contributed by atoms with E-state index >= 15 is 0 Å². The van der Waals surface area contributed by atoms with E-state index in [2.05, 4.69) is 10.6 Å². The number of amides is 2. The highest BCUT2D eigenvalue weighted by molar-refractivity contribution is 6.39. The van der Waals surface area contributed by atoms with Crippen LogP contribution in [0, 0.1) is 13.8 Å². The third kappa shape index (κ3) is 3.75. The van der Waals surface area contributed by atoms with Crippen LogP contribution in [-0.2, 0) is 9.59 Å². The molecule has 4 nitrogen and oxygen atoms in total. The maximum absolute atomic E-state index is 11.5. The van der Waals surface area contributed by atoms with Crippen molar-refractivity contribution in [2.45, 2.75) is 13.8 Å². The van der Waals surface area contributed by atoms with Crippen LogP contribution in [-0.4, -0.2) is 24.2 Å². The molecule has 1 aromatic rings. The van der Waals surface area contributed by atoms with E-state index < -0.39 is 11.8 Å². The van der Waals surface area contributed by atoms with Crippen LogP contribution in [0.1, 0.15) is 11.1 Å². The fourth-order valence-electron chi connectivity index (χ4n) is 1.31. The second-order valence-corrected chi connectivity index (χ2v) is 4.02. The van der Waals surface area contributed by atoms with Crippen molar-refractivity contribution in [1.29, 1.82) is 0 Å². The van der Waals surface area contributed by atoms with E-state index in [1.165, 1.54) is 0 Å². The second-order valence-electron chi connectivity index (χ2n) is 3.65. The molecule has 0 fully saturated rings. The number of carbonyl (C=O) groups excluding carboxylic acids is 2. The first-order chi connectivity index (χ1) is 8.06. The van der Waals surface area contributed by atoms with Crippen molar-refractivity contribution in [2.75, 3.05) is 17.7 Å². The van der Waals surface area contributed by atoms with E-state index in [9.17, 15) is 9.59 Å². The molecule has 0 aromatic heterocycles. The van der Waals surface area contributed by atoms with Gasteiger partial charge in [-0.25, -0.2) is 0 Å². The van der Waals surface area contributed by atoms with E-state index in [-0.39, 0.29) is 12.4 Å². The van der Waals surface area contributed by atoms with Gasteiger partial charge in [0.1, 0.15) is 0 Å². The Balaban J connectivity index is 2.68. The first-order valence-electron chi connectivity index (χ1n) is 5.27. The van der Waals surface area contributed by atoms with Crippen LogP contribution in [0.15, 0.2) is 18.2 Å². The fraction of sp³-hybridized carbons (Fsp3) is 0.333. The van der Waals surface area contributed by atoms with E-state index in [4.69, 9.17) is 11.6 Å². The molecule has 0 heterocycles. The topological polar surface area (TPSA) is 58.2 Å². The molecule has 0 spiro atoms. The Bertz CT molecular complexity index is 433. The molecule has 1 rings (SSSR count). The van der Waals surface area contributed by atoms with Crippen LogP contribution in [0.5, 0.6) is 0 Å². The summed E-state index contributed by atoms with van der Waals surface area (Å²) >= 11 is 5.41. The fourth-order valence-corrected chi connectivity index (χ4v) is 1.40. The van der Waals surface area contributed by atoms with Gasteiger partial charge in [-0.1, -0.05) is 12.1 Å². The van der Waals surface area contributed by atoms with Crippen molar-refractivity contribution < 1.29 is 9.59 Å². The summed E-state index contributed by atoms with van der Waals surface area (Å²) in [4.78, 5) is 22.8. The largest absolute Gasteiger partial charge is 0.347 e.